The number of sulfonamides is 1. The van der Waals surface area contributed by atoms with Crippen LogP contribution in [-0.2, 0) is 24.4 Å². The number of hydrogen-bond donors (Lipinski definition) is 3. The zero-order valence-electron chi connectivity index (χ0n) is 22.5. The molecule has 1 aliphatic heterocycles. The molecule has 210 valence electrons. The molecule has 0 bridgehead atoms. The van der Waals surface area contributed by atoms with Crippen molar-refractivity contribution in [2.24, 2.45) is 11.8 Å². The van der Waals surface area contributed by atoms with Crippen LogP contribution in [0.1, 0.15) is 33.1 Å². The molecule has 4 rings (SSSR count). The zero-order valence-corrected chi connectivity index (χ0v) is 23.3. The van der Waals surface area contributed by atoms with E-state index in [0.717, 1.165) is 31.3 Å². The molecule has 2 amide bonds. The minimum Gasteiger partial charge on any atom is -0.456 e. The van der Waals surface area contributed by atoms with E-state index in [4.69, 9.17) is 4.42 Å². The molecule has 3 N–H and O–H groups in total. The molecule has 1 aliphatic rings. The van der Waals surface area contributed by atoms with E-state index < -0.39 is 34.3 Å². The van der Waals surface area contributed by atoms with Gasteiger partial charge in [0.05, 0.1) is 18.0 Å². The standard InChI is InChI=1S/C28H36N4O6S/c1-18(2)14-24(31-27(34)19-10-12-32(3)13-11-19)28(35)29-16-20(33)17-30-39(36,37)21-8-9-26-23(15-21)22-6-4-5-7-25(22)38-26/h4-9,15,18-19,24,30H,10-14,16-17H2,1-3H3,(H,29,35)(H,31,34)/t24-/m0/s1. The van der Waals surface area contributed by atoms with E-state index in [1.54, 1.807) is 12.1 Å². The number of likely N-dealkylation sites (tertiary alicyclic amines) is 1. The minimum absolute atomic E-state index is 0.00649. The molecule has 0 saturated carbocycles. The van der Waals surface area contributed by atoms with Crippen molar-refractivity contribution < 1.29 is 27.2 Å². The Balaban J connectivity index is 1.32. The van der Waals surface area contributed by atoms with E-state index >= 15 is 0 Å². The van der Waals surface area contributed by atoms with Gasteiger partial charge < -0.3 is 20.0 Å². The number of nitrogens with zero attached hydrogens (tertiary/aromatic N) is 1. The molecule has 1 atom stereocenters. The maximum atomic E-state index is 12.9. The molecular formula is C28H36N4O6S. The van der Waals surface area contributed by atoms with Crippen molar-refractivity contribution in [1.82, 2.24) is 20.3 Å². The van der Waals surface area contributed by atoms with Crippen LogP contribution in [0.5, 0.6) is 0 Å². The molecular weight excluding hydrogens is 520 g/mol. The first kappa shape index (κ1) is 28.7. The topological polar surface area (TPSA) is 138 Å². The lowest BCUT2D eigenvalue weighted by Gasteiger charge is -2.29. The number of amides is 2. The Labute approximate surface area is 228 Å². The van der Waals surface area contributed by atoms with Gasteiger partial charge in [-0.25, -0.2) is 13.1 Å². The minimum atomic E-state index is -3.98. The van der Waals surface area contributed by atoms with Crippen LogP contribution in [0.2, 0.25) is 0 Å². The predicted octanol–water partition coefficient (Wildman–Crippen LogP) is 2.42. The number of benzene rings is 2. The van der Waals surface area contributed by atoms with Gasteiger partial charge in [0.25, 0.3) is 0 Å². The number of carbonyl (C=O) groups excluding carboxylic acids is 3. The fourth-order valence-corrected chi connectivity index (χ4v) is 5.80. The van der Waals surface area contributed by atoms with E-state index in [0.29, 0.717) is 23.0 Å². The molecule has 2 aromatic carbocycles. The van der Waals surface area contributed by atoms with Gasteiger partial charge in [0.2, 0.25) is 21.8 Å². The lowest BCUT2D eigenvalue weighted by Crippen LogP contribution is -2.51. The summed E-state index contributed by atoms with van der Waals surface area (Å²) in [7, 11) is -1.97. The highest BCUT2D eigenvalue weighted by Gasteiger charge is 2.28. The SMILES string of the molecule is CC(C)C[C@H](NC(=O)C1CCN(C)CC1)C(=O)NCC(=O)CNS(=O)(=O)c1ccc2oc3ccccc3c2c1. The van der Waals surface area contributed by atoms with Gasteiger partial charge in [0, 0.05) is 16.7 Å². The van der Waals surface area contributed by atoms with Crippen molar-refractivity contribution in [2.75, 3.05) is 33.2 Å². The molecule has 3 aromatic rings. The lowest BCUT2D eigenvalue weighted by molar-refractivity contribution is -0.132. The summed E-state index contributed by atoms with van der Waals surface area (Å²) in [5.41, 5.74) is 1.21. The van der Waals surface area contributed by atoms with E-state index in [2.05, 4.69) is 20.3 Å². The Morgan fingerprint density at radius 3 is 2.41 bits per heavy atom. The molecule has 1 fully saturated rings. The number of nitrogens with one attached hydrogen (secondary N) is 3. The fourth-order valence-electron chi connectivity index (χ4n) is 4.77. The second-order valence-electron chi connectivity index (χ2n) is 10.6. The Bertz CT molecular complexity index is 1460. The number of hydrogen-bond acceptors (Lipinski definition) is 7. The normalized spacial score (nSPS) is 16.0. The number of ketones is 1. The molecule has 11 heteroatoms. The van der Waals surface area contributed by atoms with Crippen LogP contribution < -0.4 is 15.4 Å². The van der Waals surface area contributed by atoms with Gasteiger partial charge in [-0.1, -0.05) is 32.0 Å². The predicted molar refractivity (Wildman–Crippen MR) is 149 cm³/mol. The van der Waals surface area contributed by atoms with Gasteiger partial charge in [0.15, 0.2) is 5.78 Å². The Morgan fingerprint density at radius 1 is 1.00 bits per heavy atom. The first-order valence-electron chi connectivity index (χ1n) is 13.2. The monoisotopic (exact) mass is 556 g/mol. The van der Waals surface area contributed by atoms with E-state index in [1.807, 2.05) is 39.1 Å². The largest absolute Gasteiger partial charge is 0.456 e. The second-order valence-corrected chi connectivity index (χ2v) is 12.4. The number of fused-ring (bicyclic) bond motifs is 3. The highest BCUT2D eigenvalue weighted by atomic mass is 32.2. The van der Waals surface area contributed by atoms with Crippen LogP contribution in [0.15, 0.2) is 51.8 Å². The van der Waals surface area contributed by atoms with Crippen molar-refractivity contribution in [1.29, 1.82) is 0 Å². The molecule has 0 radical (unpaired) electrons. The number of carbonyl (C=O) groups is 3. The highest BCUT2D eigenvalue weighted by Crippen LogP contribution is 2.30. The number of piperidine rings is 1. The highest BCUT2D eigenvalue weighted by molar-refractivity contribution is 7.89. The number of rotatable bonds is 11. The maximum absolute atomic E-state index is 12.9. The van der Waals surface area contributed by atoms with Gasteiger partial charge in [0.1, 0.15) is 17.2 Å². The van der Waals surface area contributed by atoms with Gasteiger partial charge in [-0.2, -0.15) is 0 Å². The van der Waals surface area contributed by atoms with E-state index in [9.17, 15) is 22.8 Å². The summed E-state index contributed by atoms with van der Waals surface area (Å²) in [6.45, 7) is 4.72. The van der Waals surface area contributed by atoms with Crippen LogP contribution in [-0.4, -0.2) is 70.2 Å². The van der Waals surface area contributed by atoms with Crippen molar-refractivity contribution in [3.8, 4) is 0 Å². The van der Waals surface area contributed by atoms with E-state index in [-0.39, 0.29) is 29.2 Å². The summed E-state index contributed by atoms with van der Waals surface area (Å²) in [6, 6.07) is 11.1. The maximum Gasteiger partial charge on any atom is 0.242 e. The number of Topliss-reactive ketones (excluding diaryl/α,β-unsaturated/α-hetero) is 1. The molecule has 0 unspecified atom stereocenters. The zero-order chi connectivity index (χ0) is 28.2. The van der Waals surface area contributed by atoms with Crippen molar-refractivity contribution >= 4 is 49.6 Å². The molecule has 1 aromatic heterocycles. The lowest BCUT2D eigenvalue weighted by atomic mass is 9.95. The average molecular weight is 557 g/mol. The molecule has 0 aliphatic carbocycles. The summed E-state index contributed by atoms with van der Waals surface area (Å²) < 4.78 is 33.8. The third kappa shape index (κ3) is 7.23. The quantitative estimate of drug-likeness (QED) is 0.330. The van der Waals surface area contributed by atoms with Gasteiger partial charge >= 0.3 is 0 Å². The Morgan fingerprint density at radius 2 is 1.69 bits per heavy atom. The number of furan rings is 1. The third-order valence-electron chi connectivity index (χ3n) is 7.01. The first-order valence-corrected chi connectivity index (χ1v) is 14.7. The van der Waals surface area contributed by atoms with Gasteiger partial charge in [-0.3, -0.25) is 14.4 Å². The third-order valence-corrected chi connectivity index (χ3v) is 8.41. The van der Waals surface area contributed by atoms with Crippen LogP contribution in [0, 0.1) is 11.8 Å². The van der Waals surface area contributed by atoms with Crippen LogP contribution in [0.25, 0.3) is 21.9 Å². The van der Waals surface area contributed by atoms with Crippen LogP contribution in [0.3, 0.4) is 0 Å². The summed E-state index contributed by atoms with van der Waals surface area (Å²) in [5.74, 6) is -1.11. The Kier molecular flexibility index (Phi) is 9.04. The Hall–Kier alpha value is -3.28. The molecule has 39 heavy (non-hydrogen) atoms. The van der Waals surface area contributed by atoms with Crippen molar-refractivity contribution in [3.63, 3.8) is 0 Å². The van der Waals surface area contributed by atoms with E-state index in [1.165, 1.54) is 12.1 Å². The molecule has 2 heterocycles. The molecule has 10 nitrogen and oxygen atoms in total. The molecule has 0 spiro atoms. The summed E-state index contributed by atoms with van der Waals surface area (Å²) in [5, 5.41) is 6.87. The smallest absolute Gasteiger partial charge is 0.242 e. The van der Waals surface area contributed by atoms with Crippen LogP contribution >= 0.6 is 0 Å². The first-order chi connectivity index (χ1) is 18.5. The van der Waals surface area contributed by atoms with Crippen LogP contribution in [0.4, 0.5) is 0 Å². The van der Waals surface area contributed by atoms with Crippen molar-refractivity contribution in [3.05, 3.63) is 42.5 Å². The second kappa shape index (κ2) is 12.3. The number of para-hydroxylation sites is 1. The summed E-state index contributed by atoms with van der Waals surface area (Å²) in [6.07, 6.45) is 1.90. The summed E-state index contributed by atoms with van der Waals surface area (Å²) >= 11 is 0. The van der Waals surface area contributed by atoms with Gasteiger partial charge in [-0.15, -0.1) is 0 Å². The average Bonchev–Trinajstić information content (AvgIpc) is 3.28. The summed E-state index contributed by atoms with van der Waals surface area (Å²) in [4.78, 5) is 40.3. The fraction of sp³-hybridized carbons (Fsp3) is 0.464. The molecule has 1 saturated heterocycles. The van der Waals surface area contributed by atoms with Crippen molar-refractivity contribution in [2.45, 2.75) is 44.0 Å². The van der Waals surface area contributed by atoms with Gasteiger partial charge in [-0.05, 0) is 69.6 Å².